The van der Waals surface area contributed by atoms with Crippen LogP contribution in [0.3, 0.4) is 0 Å². The minimum Gasteiger partial charge on any atom is -0.483 e. The Kier molecular flexibility index (Phi) is 9.07. The Balaban J connectivity index is 0.000000913. The molecule has 4 heterocycles. The van der Waals surface area contributed by atoms with Crippen LogP contribution in [0.1, 0.15) is 43.0 Å². The van der Waals surface area contributed by atoms with Crippen LogP contribution < -0.4 is 0 Å². The molecule has 10 nitrogen and oxygen atoms in total. The normalized spacial score (nSPS) is 21.6. The van der Waals surface area contributed by atoms with Crippen molar-refractivity contribution in [2.45, 2.75) is 44.2 Å². The molecule has 32 heavy (non-hydrogen) atoms. The Hall–Kier alpha value is -2.43. The molecule has 0 saturated carbocycles. The van der Waals surface area contributed by atoms with Gasteiger partial charge in [-0.2, -0.15) is 5.10 Å². The second-order valence-corrected chi connectivity index (χ2v) is 8.36. The van der Waals surface area contributed by atoms with Crippen LogP contribution in [0.25, 0.3) is 0 Å². The largest absolute Gasteiger partial charge is 0.483 e. The van der Waals surface area contributed by atoms with Crippen LogP contribution in [0.15, 0.2) is 23.0 Å². The minimum absolute atomic E-state index is 0.0604. The lowest BCUT2D eigenvalue weighted by Gasteiger charge is -2.43. The van der Waals surface area contributed by atoms with Crippen molar-refractivity contribution in [1.82, 2.24) is 24.7 Å². The molecule has 11 heteroatoms. The van der Waals surface area contributed by atoms with E-state index < -0.39 is 0 Å². The number of carboxylic acid groups (broad SMARTS) is 1. The van der Waals surface area contributed by atoms with E-state index in [1.807, 2.05) is 24.3 Å². The molecule has 2 aromatic heterocycles. The van der Waals surface area contributed by atoms with Crippen LogP contribution in [-0.4, -0.2) is 81.1 Å². The molecule has 2 atom stereocenters. The van der Waals surface area contributed by atoms with Crippen molar-refractivity contribution >= 4 is 24.0 Å². The first-order valence-electron chi connectivity index (χ1n) is 10.8. The fraction of sp³-hybridized carbons (Fsp3) is 0.619. The summed E-state index contributed by atoms with van der Waals surface area (Å²) < 4.78 is 13.1. The second kappa shape index (κ2) is 12.0. The van der Waals surface area contributed by atoms with Gasteiger partial charge in [0, 0.05) is 50.8 Å². The molecule has 0 unspecified atom stereocenters. The molecule has 1 N–H and O–H groups in total. The van der Waals surface area contributed by atoms with E-state index in [0.717, 1.165) is 25.2 Å². The molecule has 0 bridgehead atoms. The molecule has 0 radical (unpaired) electrons. The molecule has 2 aliphatic heterocycles. The average Bonchev–Trinajstić information content (AvgIpc) is 3.41. The zero-order valence-electron chi connectivity index (χ0n) is 18.2. The summed E-state index contributed by atoms with van der Waals surface area (Å²) in [6.07, 6.45) is 8.35. The minimum atomic E-state index is -0.250. The fourth-order valence-electron chi connectivity index (χ4n) is 4.33. The number of carbonyl (C=O) groups excluding carboxylic acids is 1. The van der Waals surface area contributed by atoms with Gasteiger partial charge in [0.2, 0.25) is 5.91 Å². The van der Waals surface area contributed by atoms with Crippen LogP contribution in [0.5, 0.6) is 0 Å². The number of hydrogen-bond donors (Lipinski definition) is 1. The molecular formula is C21H30ClN5O5. The van der Waals surface area contributed by atoms with E-state index in [0.29, 0.717) is 36.9 Å². The average molecular weight is 468 g/mol. The second-order valence-electron chi connectivity index (χ2n) is 7.97. The number of likely N-dealkylation sites (tertiary alicyclic amines) is 1. The predicted molar refractivity (Wildman–Crippen MR) is 116 cm³/mol. The monoisotopic (exact) mass is 467 g/mol. The zero-order valence-corrected chi connectivity index (χ0v) is 19.0. The van der Waals surface area contributed by atoms with Gasteiger partial charge >= 0.3 is 0 Å². The summed E-state index contributed by atoms with van der Waals surface area (Å²) in [5.74, 6) is 0.706. The van der Waals surface area contributed by atoms with E-state index in [-0.39, 0.29) is 24.5 Å². The van der Waals surface area contributed by atoms with Crippen molar-refractivity contribution in [3.63, 3.8) is 0 Å². The Labute approximate surface area is 192 Å². The lowest BCUT2D eigenvalue weighted by Crippen LogP contribution is -2.52. The number of piperidine rings is 1. The van der Waals surface area contributed by atoms with Gasteiger partial charge in [0.25, 0.3) is 6.47 Å². The maximum Gasteiger partial charge on any atom is 0.290 e. The smallest absolute Gasteiger partial charge is 0.290 e. The van der Waals surface area contributed by atoms with Crippen molar-refractivity contribution in [1.29, 1.82) is 0 Å². The molecule has 0 aliphatic carbocycles. The highest BCUT2D eigenvalue weighted by Crippen LogP contribution is 2.31. The van der Waals surface area contributed by atoms with Gasteiger partial charge in [-0.1, -0.05) is 23.2 Å². The number of aryl methyl sites for hydroxylation is 2. The summed E-state index contributed by atoms with van der Waals surface area (Å²) in [7, 11) is 1.90. The van der Waals surface area contributed by atoms with Crippen LogP contribution in [0.2, 0.25) is 5.15 Å². The van der Waals surface area contributed by atoms with Gasteiger partial charge in [0.15, 0.2) is 5.15 Å². The van der Waals surface area contributed by atoms with E-state index >= 15 is 0 Å². The van der Waals surface area contributed by atoms with Crippen molar-refractivity contribution < 1.29 is 24.0 Å². The number of ether oxygens (including phenoxy) is 1. The summed E-state index contributed by atoms with van der Waals surface area (Å²) in [5.41, 5.74) is 1.02. The van der Waals surface area contributed by atoms with Gasteiger partial charge < -0.3 is 24.2 Å². The van der Waals surface area contributed by atoms with Crippen LogP contribution in [0.4, 0.5) is 0 Å². The van der Waals surface area contributed by atoms with Gasteiger partial charge in [0.05, 0.1) is 24.9 Å². The first-order valence-corrected chi connectivity index (χ1v) is 11.2. The number of nitrogens with zero attached hydrogens (tertiary/aromatic N) is 5. The number of morpholine rings is 1. The van der Waals surface area contributed by atoms with Gasteiger partial charge in [-0.05, 0) is 25.9 Å². The summed E-state index contributed by atoms with van der Waals surface area (Å²) >= 11 is 5.81. The van der Waals surface area contributed by atoms with Crippen LogP contribution in [0, 0.1) is 0 Å². The van der Waals surface area contributed by atoms with Crippen molar-refractivity contribution in [2.75, 3.05) is 32.8 Å². The lowest BCUT2D eigenvalue weighted by molar-refractivity contribution is -0.148. The van der Waals surface area contributed by atoms with E-state index in [2.05, 4.69) is 15.2 Å². The number of hydrogen-bond acceptors (Lipinski definition) is 7. The predicted octanol–water partition coefficient (Wildman–Crippen LogP) is 2.15. The SMILES string of the molecule is Cn1cc([C@H]2[C@H](CN3CCCCC3)OCCN2C(=O)CCc2cc(Cl)no2)cn1.O=CO. The number of halogens is 1. The summed E-state index contributed by atoms with van der Waals surface area (Å²) in [4.78, 5) is 25.9. The molecule has 0 spiro atoms. The highest BCUT2D eigenvalue weighted by molar-refractivity contribution is 6.29. The molecule has 0 aromatic carbocycles. The van der Waals surface area contributed by atoms with Crippen molar-refractivity contribution in [3.05, 3.63) is 34.9 Å². The highest BCUT2D eigenvalue weighted by atomic mass is 35.5. The molecular weight excluding hydrogens is 438 g/mol. The number of amides is 1. The molecule has 2 aromatic rings. The number of aromatic nitrogens is 3. The Morgan fingerprint density at radius 1 is 1.31 bits per heavy atom. The van der Waals surface area contributed by atoms with Crippen molar-refractivity contribution in [3.8, 4) is 0 Å². The maximum atomic E-state index is 13.1. The quantitative estimate of drug-likeness (QED) is 0.643. The lowest BCUT2D eigenvalue weighted by atomic mass is 9.98. The van der Waals surface area contributed by atoms with Crippen molar-refractivity contribution in [2.24, 2.45) is 7.05 Å². The van der Waals surface area contributed by atoms with Gasteiger partial charge in [-0.15, -0.1) is 0 Å². The van der Waals surface area contributed by atoms with E-state index in [4.69, 9.17) is 30.8 Å². The van der Waals surface area contributed by atoms with Gasteiger partial charge in [-0.3, -0.25) is 14.3 Å². The first kappa shape index (κ1) is 24.2. The Bertz CT molecular complexity index is 866. The third-order valence-electron chi connectivity index (χ3n) is 5.74. The first-order chi connectivity index (χ1) is 15.5. The summed E-state index contributed by atoms with van der Waals surface area (Å²) in [6.45, 7) is 3.90. The van der Waals surface area contributed by atoms with E-state index in [9.17, 15) is 4.79 Å². The molecule has 1 amide bonds. The molecule has 2 aliphatic rings. The third-order valence-corrected chi connectivity index (χ3v) is 5.92. The third kappa shape index (κ3) is 6.54. The van der Waals surface area contributed by atoms with Crippen LogP contribution in [-0.2, 0) is 27.8 Å². The zero-order chi connectivity index (χ0) is 22.9. The van der Waals surface area contributed by atoms with E-state index in [1.54, 1.807) is 10.7 Å². The molecule has 176 valence electrons. The number of carbonyl (C=O) groups is 2. The standard InChI is InChI=1S/C20H28ClN5O3.CH2O2/c1-24-13-15(12-22-24)20-17(14-25-7-3-2-4-8-25)28-10-9-26(20)19(27)6-5-16-11-18(21)23-29-16;2-1-3/h11-13,17,20H,2-10,14H2,1H3;1H,(H,2,3)/t17-,20-;/m0./s1. The molecule has 4 rings (SSSR count). The van der Waals surface area contributed by atoms with E-state index in [1.165, 1.54) is 19.3 Å². The maximum absolute atomic E-state index is 13.1. The van der Waals surface area contributed by atoms with Gasteiger partial charge in [-0.25, -0.2) is 0 Å². The molecule has 2 saturated heterocycles. The molecule has 2 fully saturated rings. The number of rotatable bonds is 6. The highest BCUT2D eigenvalue weighted by Gasteiger charge is 2.38. The Morgan fingerprint density at radius 2 is 2.06 bits per heavy atom. The summed E-state index contributed by atoms with van der Waals surface area (Å²) in [5, 5.41) is 15.2. The van der Waals surface area contributed by atoms with Gasteiger partial charge in [0.1, 0.15) is 5.76 Å². The van der Waals surface area contributed by atoms with Crippen LogP contribution >= 0.6 is 11.6 Å². The Morgan fingerprint density at radius 3 is 2.69 bits per heavy atom. The summed E-state index contributed by atoms with van der Waals surface area (Å²) in [6, 6.07) is 1.52. The topological polar surface area (TPSA) is 114 Å². The fourth-order valence-corrected chi connectivity index (χ4v) is 4.49.